The van der Waals surface area contributed by atoms with Gasteiger partial charge in [-0.25, -0.2) is 0 Å². The summed E-state index contributed by atoms with van der Waals surface area (Å²) in [6.45, 7) is 0. The molecule has 1 aromatic rings. The Balaban J connectivity index is 3.15. The van der Waals surface area contributed by atoms with Crippen molar-refractivity contribution in [1.29, 1.82) is 0 Å². The molecule has 0 spiro atoms. The quantitative estimate of drug-likeness (QED) is 0.683. The van der Waals surface area contributed by atoms with E-state index in [-0.39, 0.29) is 0 Å². The van der Waals surface area contributed by atoms with E-state index in [1.807, 2.05) is 0 Å². The summed E-state index contributed by atoms with van der Waals surface area (Å²) in [5, 5.41) is 0. The summed E-state index contributed by atoms with van der Waals surface area (Å²) >= 11 is 0. The predicted octanol–water partition coefficient (Wildman–Crippen LogP) is 3.27. The van der Waals surface area contributed by atoms with Crippen LogP contribution < -0.4 is 0 Å². The molecule has 0 amide bonds. The Morgan fingerprint density at radius 3 is 1.79 bits per heavy atom. The van der Waals surface area contributed by atoms with Crippen LogP contribution in [-0.4, -0.2) is 6.18 Å². The van der Waals surface area contributed by atoms with Gasteiger partial charge in [-0.15, -0.1) is 4.94 Å². The normalized spacial score (nSPS) is 16.4. The molecule has 1 atom stereocenters. The van der Waals surface area contributed by atoms with Gasteiger partial charge in [0.05, 0.1) is 0 Å². The Bertz CT molecular complexity index is 296. The van der Waals surface area contributed by atoms with Crippen LogP contribution in [0.3, 0.4) is 0 Å². The zero-order valence-electron chi connectivity index (χ0n) is 6.68. The maximum absolute atomic E-state index is 13.0. The molecule has 1 unspecified atom stereocenters. The number of hydrogen-bond donors (Lipinski definition) is 0. The molecule has 0 aromatic heterocycles. The van der Waals surface area contributed by atoms with E-state index >= 15 is 0 Å². The van der Waals surface area contributed by atoms with Crippen LogP contribution in [-0.2, 0) is 10.8 Å². The first-order valence-corrected chi connectivity index (χ1v) is 3.53. The lowest BCUT2D eigenvalue weighted by molar-refractivity contribution is -0.411. The van der Waals surface area contributed by atoms with E-state index in [2.05, 4.69) is 4.94 Å². The molecule has 0 fully saturated rings. The van der Waals surface area contributed by atoms with E-state index in [1.165, 1.54) is 6.07 Å². The van der Waals surface area contributed by atoms with Crippen LogP contribution in [0.1, 0.15) is 5.56 Å². The molecule has 14 heavy (non-hydrogen) atoms. The van der Waals surface area contributed by atoms with Gasteiger partial charge in [0.15, 0.2) is 0 Å². The van der Waals surface area contributed by atoms with Crippen molar-refractivity contribution in [3.05, 3.63) is 35.9 Å². The summed E-state index contributed by atoms with van der Waals surface area (Å²) in [5.74, 6) is -4.39. The van der Waals surface area contributed by atoms with Crippen LogP contribution in [0.2, 0.25) is 0 Å². The average Bonchev–Trinajstić information content (AvgIpc) is 2.16. The second kappa shape index (κ2) is 3.53. The van der Waals surface area contributed by atoms with E-state index in [0.717, 1.165) is 24.3 Å². The molecule has 6 heteroatoms. The van der Waals surface area contributed by atoms with Crippen molar-refractivity contribution in [2.45, 2.75) is 12.0 Å². The highest BCUT2D eigenvalue weighted by Gasteiger charge is 2.60. The van der Waals surface area contributed by atoms with Crippen LogP contribution in [0.25, 0.3) is 0 Å². The fourth-order valence-electron chi connectivity index (χ4n) is 0.904. The van der Waals surface area contributed by atoms with Crippen LogP contribution in [0.5, 0.6) is 0 Å². The zero-order chi connectivity index (χ0) is 10.8. The third-order valence-corrected chi connectivity index (χ3v) is 1.62. The molecule has 1 rings (SSSR count). The minimum atomic E-state index is -5.46. The van der Waals surface area contributed by atoms with Crippen LogP contribution >= 0.6 is 0 Å². The monoisotopic (exact) mass is 212 g/mol. The summed E-state index contributed by atoms with van der Waals surface area (Å²) in [6, 6.07) is 5.24. The Kier molecular flexibility index (Phi) is 2.75. The van der Waals surface area contributed by atoms with E-state index in [4.69, 9.17) is 0 Å². The van der Waals surface area contributed by atoms with E-state index < -0.39 is 17.6 Å². The number of alkyl halides is 4. The highest BCUT2D eigenvalue weighted by Crippen LogP contribution is 2.43. The van der Waals surface area contributed by atoms with Gasteiger partial charge in [-0.05, 0) is 4.53 Å². The highest BCUT2D eigenvalue weighted by molar-refractivity contribution is 5.21. The molecule has 1 nitrogen and oxygen atoms in total. The Morgan fingerprint density at radius 1 is 0.929 bits per heavy atom. The summed E-state index contributed by atoms with van der Waals surface area (Å²) < 4.78 is 60.8. The second-order valence-corrected chi connectivity index (χ2v) is 2.54. The lowest BCUT2D eigenvalue weighted by atomic mass is 10.1. The van der Waals surface area contributed by atoms with Crippen molar-refractivity contribution in [3.8, 4) is 0 Å². The lowest BCUT2D eigenvalue weighted by Crippen LogP contribution is -2.38. The fourth-order valence-corrected chi connectivity index (χ4v) is 0.904. The number of hydrogen-bond acceptors (Lipinski definition) is 1. The molecule has 0 aliphatic carbocycles. The summed E-state index contributed by atoms with van der Waals surface area (Å²) in [4.78, 5) is 2.40. The Hall–Kier alpha value is -1.17. The maximum atomic E-state index is 13.0. The summed E-state index contributed by atoms with van der Waals surface area (Å²) in [6.07, 6.45) is -5.46. The third kappa shape index (κ3) is 1.70. The van der Waals surface area contributed by atoms with Crippen molar-refractivity contribution in [2.24, 2.45) is 0 Å². The zero-order valence-corrected chi connectivity index (χ0v) is 6.68. The van der Waals surface area contributed by atoms with E-state index in [1.54, 1.807) is 0 Å². The topological polar surface area (TPSA) is 9.23 Å². The molecule has 0 heterocycles. The average molecular weight is 212 g/mol. The number of halogens is 5. The smallest absolute Gasteiger partial charge is 0.193 e. The molecule has 78 valence electrons. The summed E-state index contributed by atoms with van der Waals surface area (Å²) in [7, 11) is 0. The van der Waals surface area contributed by atoms with Crippen molar-refractivity contribution in [2.75, 3.05) is 0 Å². The molecule has 0 aliphatic rings. The standard InChI is InChI=1S/C8H5F5O/c9-7(14-13,8(10,11)12)6-4-2-1-3-5-6/h1-5H. The van der Waals surface area contributed by atoms with Crippen LogP contribution in [0, 0.1) is 0 Å². The van der Waals surface area contributed by atoms with E-state index in [9.17, 15) is 22.1 Å². The fraction of sp³-hybridized carbons (Fsp3) is 0.250. The van der Waals surface area contributed by atoms with Gasteiger partial charge in [-0.3, -0.25) is 0 Å². The second-order valence-electron chi connectivity index (χ2n) is 2.54. The maximum Gasteiger partial charge on any atom is 0.456 e. The minimum Gasteiger partial charge on any atom is -0.193 e. The van der Waals surface area contributed by atoms with Gasteiger partial charge in [0.25, 0.3) is 0 Å². The first kappa shape index (κ1) is 10.9. The first-order valence-electron chi connectivity index (χ1n) is 3.53. The van der Waals surface area contributed by atoms with E-state index in [0.29, 0.717) is 0 Å². The molecular weight excluding hydrogens is 207 g/mol. The number of rotatable bonds is 2. The molecule has 0 saturated heterocycles. The molecule has 0 saturated carbocycles. The van der Waals surface area contributed by atoms with Crippen molar-refractivity contribution >= 4 is 0 Å². The molecule has 0 N–H and O–H groups in total. The van der Waals surface area contributed by atoms with Gasteiger partial charge in [-0.2, -0.15) is 17.6 Å². The minimum absolute atomic E-state index is 0.785. The van der Waals surface area contributed by atoms with Crippen LogP contribution in [0.15, 0.2) is 30.3 Å². The first-order chi connectivity index (χ1) is 6.42. The van der Waals surface area contributed by atoms with Gasteiger partial charge in [-0.1, -0.05) is 30.3 Å². The van der Waals surface area contributed by atoms with Crippen molar-refractivity contribution < 1.29 is 27.0 Å². The SMILES string of the molecule is FOC(F)(c1ccccc1)C(F)(F)F. The molecule has 1 aromatic carbocycles. The highest BCUT2D eigenvalue weighted by atomic mass is 19.4. The number of benzene rings is 1. The Morgan fingerprint density at radius 2 is 1.43 bits per heavy atom. The van der Waals surface area contributed by atoms with Crippen molar-refractivity contribution in [1.82, 2.24) is 0 Å². The predicted molar refractivity (Wildman–Crippen MR) is 37.5 cm³/mol. The van der Waals surface area contributed by atoms with Crippen molar-refractivity contribution in [3.63, 3.8) is 0 Å². The van der Waals surface area contributed by atoms with Gasteiger partial charge < -0.3 is 0 Å². The Labute approximate surface area is 76.0 Å². The lowest BCUT2D eigenvalue weighted by Gasteiger charge is -2.23. The third-order valence-electron chi connectivity index (χ3n) is 1.62. The van der Waals surface area contributed by atoms with Gasteiger partial charge >= 0.3 is 12.0 Å². The molecule has 0 aliphatic heterocycles. The largest absolute Gasteiger partial charge is 0.456 e. The molecular formula is C8H5F5O. The summed E-state index contributed by atoms with van der Waals surface area (Å²) in [5.41, 5.74) is -0.935. The molecule has 0 bridgehead atoms. The van der Waals surface area contributed by atoms with Gasteiger partial charge in [0.2, 0.25) is 0 Å². The molecule has 0 radical (unpaired) electrons. The van der Waals surface area contributed by atoms with Crippen LogP contribution in [0.4, 0.5) is 22.1 Å². The van der Waals surface area contributed by atoms with Gasteiger partial charge in [0, 0.05) is 5.56 Å². The van der Waals surface area contributed by atoms with Gasteiger partial charge in [0.1, 0.15) is 0 Å².